The van der Waals surface area contributed by atoms with Crippen molar-refractivity contribution in [2.75, 3.05) is 26.1 Å². The summed E-state index contributed by atoms with van der Waals surface area (Å²) in [6.45, 7) is 1.83. The van der Waals surface area contributed by atoms with Crippen molar-refractivity contribution in [3.63, 3.8) is 0 Å². The van der Waals surface area contributed by atoms with Crippen molar-refractivity contribution < 1.29 is 9.53 Å². The standard InChI is InChI=1S/C16H18ClNO2S/c1-21-15-10-18(12-20-11-15)16(19)5-3-2-4-13-6-8-14(17)9-7-13/h2-9,15H,10-12H2,1H3. The highest BCUT2D eigenvalue weighted by Crippen LogP contribution is 2.14. The van der Waals surface area contributed by atoms with E-state index in [1.807, 2.05) is 42.7 Å². The molecule has 0 bridgehead atoms. The predicted octanol–water partition coefficient (Wildman–Crippen LogP) is 3.46. The minimum absolute atomic E-state index is 0.0190. The molecule has 1 aliphatic rings. The van der Waals surface area contributed by atoms with Crippen LogP contribution < -0.4 is 0 Å². The first-order chi connectivity index (χ1) is 10.2. The lowest BCUT2D eigenvalue weighted by Gasteiger charge is -2.30. The third-order valence-corrected chi connectivity index (χ3v) is 4.33. The van der Waals surface area contributed by atoms with Crippen LogP contribution in [0.15, 0.2) is 42.5 Å². The maximum absolute atomic E-state index is 12.0. The number of carbonyl (C=O) groups excluding carboxylic acids is 1. The summed E-state index contributed by atoms with van der Waals surface area (Å²) >= 11 is 7.55. The molecular formula is C16H18ClNO2S. The van der Waals surface area contributed by atoms with Crippen molar-refractivity contribution in [3.8, 4) is 0 Å². The number of amides is 1. The molecule has 0 radical (unpaired) electrons. The molecule has 1 atom stereocenters. The van der Waals surface area contributed by atoms with Crippen LogP contribution in [0.25, 0.3) is 6.08 Å². The van der Waals surface area contributed by atoms with Crippen molar-refractivity contribution in [1.29, 1.82) is 0 Å². The Labute approximate surface area is 134 Å². The molecule has 1 heterocycles. The van der Waals surface area contributed by atoms with Gasteiger partial charge in [-0.05, 0) is 24.0 Å². The molecule has 1 unspecified atom stereocenters. The van der Waals surface area contributed by atoms with Gasteiger partial charge in [0.25, 0.3) is 0 Å². The van der Waals surface area contributed by atoms with Gasteiger partial charge < -0.3 is 9.64 Å². The van der Waals surface area contributed by atoms with E-state index < -0.39 is 0 Å². The van der Waals surface area contributed by atoms with Crippen molar-refractivity contribution in [3.05, 3.63) is 53.1 Å². The van der Waals surface area contributed by atoms with E-state index in [9.17, 15) is 4.79 Å². The van der Waals surface area contributed by atoms with Gasteiger partial charge in [0, 0.05) is 22.9 Å². The summed E-state index contributed by atoms with van der Waals surface area (Å²) in [5.74, 6) is -0.0190. The van der Waals surface area contributed by atoms with E-state index in [1.165, 1.54) is 0 Å². The van der Waals surface area contributed by atoms with Crippen molar-refractivity contribution in [2.24, 2.45) is 0 Å². The Morgan fingerprint density at radius 3 is 2.86 bits per heavy atom. The zero-order valence-corrected chi connectivity index (χ0v) is 13.4. The summed E-state index contributed by atoms with van der Waals surface area (Å²) < 4.78 is 5.41. The molecule has 1 aromatic rings. The fraction of sp³-hybridized carbons (Fsp3) is 0.312. The number of hydrogen-bond donors (Lipinski definition) is 0. The van der Waals surface area contributed by atoms with Gasteiger partial charge in [-0.2, -0.15) is 11.8 Å². The fourth-order valence-corrected chi connectivity index (χ4v) is 2.61. The first-order valence-corrected chi connectivity index (χ1v) is 8.35. The van der Waals surface area contributed by atoms with E-state index >= 15 is 0 Å². The van der Waals surface area contributed by atoms with Crippen LogP contribution >= 0.6 is 23.4 Å². The Kier molecular flexibility index (Phi) is 6.36. The first-order valence-electron chi connectivity index (χ1n) is 6.69. The molecule has 1 saturated heterocycles. The van der Waals surface area contributed by atoms with Gasteiger partial charge in [-0.15, -0.1) is 0 Å². The average Bonchev–Trinajstić information content (AvgIpc) is 2.53. The summed E-state index contributed by atoms with van der Waals surface area (Å²) in [7, 11) is 0. The Morgan fingerprint density at radius 2 is 2.14 bits per heavy atom. The van der Waals surface area contributed by atoms with Crippen molar-refractivity contribution in [1.82, 2.24) is 4.90 Å². The number of carbonyl (C=O) groups is 1. The number of thioether (sulfide) groups is 1. The number of benzene rings is 1. The highest BCUT2D eigenvalue weighted by atomic mass is 35.5. The van der Waals surface area contributed by atoms with E-state index in [1.54, 1.807) is 28.8 Å². The average molecular weight is 324 g/mol. The molecule has 3 nitrogen and oxygen atoms in total. The summed E-state index contributed by atoms with van der Waals surface area (Å²) in [6, 6.07) is 7.53. The quantitative estimate of drug-likeness (QED) is 0.628. The lowest BCUT2D eigenvalue weighted by molar-refractivity contribution is -0.134. The Bertz CT molecular complexity index is 528. The summed E-state index contributed by atoms with van der Waals surface area (Å²) in [6.07, 6.45) is 9.13. The van der Waals surface area contributed by atoms with Crippen LogP contribution in [0.4, 0.5) is 0 Å². The van der Waals surface area contributed by atoms with Crippen molar-refractivity contribution >= 4 is 35.3 Å². The summed E-state index contributed by atoms with van der Waals surface area (Å²) in [5.41, 5.74) is 1.04. The monoisotopic (exact) mass is 323 g/mol. The number of hydrogen-bond acceptors (Lipinski definition) is 3. The molecule has 5 heteroatoms. The zero-order valence-electron chi connectivity index (χ0n) is 11.9. The second kappa shape index (κ2) is 8.27. The van der Waals surface area contributed by atoms with E-state index in [-0.39, 0.29) is 5.91 Å². The molecule has 1 amide bonds. The van der Waals surface area contributed by atoms with Crippen molar-refractivity contribution in [2.45, 2.75) is 5.25 Å². The van der Waals surface area contributed by atoms with Gasteiger partial charge in [0.15, 0.2) is 0 Å². The van der Waals surface area contributed by atoms with Crippen LogP contribution in [0.5, 0.6) is 0 Å². The molecule has 2 rings (SSSR count). The van der Waals surface area contributed by atoms with Gasteiger partial charge in [0.05, 0.1) is 6.61 Å². The summed E-state index contributed by atoms with van der Waals surface area (Å²) in [4.78, 5) is 13.7. The van der Waals surface area contributed by atoms with Gasteiger partial charge in [0.1, 0.15) is 6.73 Å². The summed E-state index contributed by atoms with van der Waals surface area (Å²) in [5, 5.41) is 1.08. The number of ether oxygens (including phenoxy) is 1. The highest BCUT2D eigenvalue weighted by Gasteiger charge is 2.21. The zero-order chi connectivity index (χ0) is 15.1. The predicted molar refractivity (Wildman–Crippen MR) is 89.5 cm³/mol. The third-order valence-electron chi connectivity index (χ3n) is 3.13. The normalized spacial score (nSPS) is 19.5. The maximum atomic E-state index is 12.0. The number of halogens is 1. The maximum Gasteiger partial charge on any atom is 0.248 e. The number of rotatable bonds is 4. The number of allylic oxidation sites excluding steroid dienone is 2. The van der Waals surface area contributed by atoms with Gasteiger partial charge >= 0.3 is 0 Å². The van der Waals surface area contributed by atoms with Crippen LogP contribution in [0.2, 0.25) is 5.02 Å². The van der Waals surface area contributed by atoms with Gasteiger partial charge in [-0.3, -0.25) is 4.79 Å². The second-order valence-corrected chi connectivity index (χ2v) is 6.26. The Balaban J connectivity index is 1.85. The second-order valence-electron chi connectivity index (χ2n) is 4.69. The lowest BCUT2D eigenvalue weighted by Crippen LogP contribution is -2.43. The lowest BCUT2D eigenvalue weighted by atomic mass is 10.2. The minimum Gasteiger partial charge on any atom is -0.360 e. The molecule has 1 aromatic carbocycles. The molecular weight excluding hydrogens is 306 g/mol. The van der Waals surface area contributed by atoms with E-state index in [0.717, 1.165) is 12.1 Å². The van der Waals surface area contributed by atoms with E-state index in [0.29, 0.717) is 23.6 Å². The Morgan fingerprint density at radius 1 is 1.38 bits per heavy atom. The molecule has 1 fully saturated rings. The van der Waals surface area contributed by atoms with Crippen LogP contribution in [0, 0.1) is 0 Å². The van der Waals surface area contributed by atoms with E-state index in [4.69, 9.17) is 16.3 Å². The van der Waals surface area contributed by atoms with Gasteiger partial charge in [0.2, 0.25) is 5.91 Å². The van der Waals surface area contributed by atoms with Crippen LogP contribution in [0.3, 0.4) is 0 Å². The number of nitrogens with zero attached hydrogens (tertiary/aromatic N) is 1. The minimum atomic E-state index is -0.0190. The largest absolute Gasteiger partial charge is 0.360 e. The van der Waals surface area contributed by atoms with Gasteiger partial charge in [-0.1, -0.05) is 42.0 Å². The molecule has 0 spiro atoms. The molecule has 0 aliphatic carbocycles. The molecule has 0 saturated carbocycles. The smallest absolute Gasteiger partial charge is 0.248 e. The molecule has 1 aliphatic heterocycles. The third kappa shape index (κ3) is 5.23. The fourth-order valence-electron chi connectivity index (χ4n) is 1.93. The highest BCUT2D eigenvalue weighted by molar-refractivity contribution is 7.99. The first kappa shape index (κ1) is 16.1. The van der Waals surface area contributed by atoms with Crippen LogP contribution in [0.1, 0.15) is 5.56 Å². The molecule has 112 valence electrons. The van der Waals surface area contributed by atoms with Crippen LogP contribution in [-0.4, -0.2) is 42.2 Å². The van der Waals surface area contributed by atoms with E-state index in [2.05, 4.69) is 0 Å². The SMILES string of the molecule is CSC1COCN(C(=O)C=CC=Cc2ccc(Cl)cc2)C1. The topological polar surface area (TPSA) is 29.5 Å². The molecule has 21 heavy (non-hydrogen) atoms. The Hall–Kier alpha value is -1.23. The van der Waals surface area contributed by atoms with Gasteiger partial charge in [-0.25, -0.2) is 0 Å². The molecule has 0 aromatic heterocycles. The molecule has 0 N–H and O–H groups in total. The van der Waals surface area contributed by atoms with Crippen LogP contribution in [-0.2, 0) is 9.53 Å².